The Kier molecular flexibility index (Phi) is 6.38. The number of rotatable bonds is 7. The van der Waals surface area contributed by atoms with Crippen LogP contribution in [-0.2, 0) is 9.53 Å². The van der Waals surface area contributed by atoms with E-state index >= 15 is 0 Å². The van der Waals surface area contributed by atoms with Gasteiger partial charge in [0.2, 0.25) is 5.91 Å². The summed E-state index contributed by atoms with van der Waals surface area (Å²) in [5.74, 6) is 1.01. The number of benzene rings is 1. The summed E-state index contributed by atoms with van der Waals surface area (Å²) in [6.07, 6.45) is 0. The quantitative estimate of drug-likeness (QED) is 0.441. The fourth-order valence-corrected chi connectivity index (χ4v) is 2.08. The van der Waals surface area contributed by atoms with E-state index in [1.807, 2.05) is 6.07 Å². The van der Waals surface area contributed by atoms with Crippen LogP contribution in [0.2, 0.25) is 0 Å². The van der Waals surface area contributed by atoms with Gasteiger partial charge in [0.15, 0.2) is 0 Å². The number of nitrogen functional groups attached to an aromatic ring is 1. The number of amides is 1. The molecule has 1 rings (SSSR count). The van der Waals surface area contributed by atoms with Gasteiger partial charge < -0.3 is 20.5 Å². The first-order valence-electron chi connectivity index (χ1n) is 5.49. The van der Waals surface area contributed by atoms with E-state index in [1.165, 1.54) is 11.8 Å². The molecule has 0 aliphatic rings. The summed E-state index contributed by atoms with van der Waals surface area (Å²) in [7, 11) is 3.19. The molecule has 0 aliphatic heterocycles. The third-order valence-corrected chi connectivity index (χ3v) is 3.28. The molecule has 1 amide bonds. The van der Waals surface area contributed by atoms with Crippen LogP contribution in [0.4, 0.5) is 5.69 Å². The fourth-order valence-electron chi connectivity index (χ4n) is 1.25. The topological polar surface area (TPSA) is 73.6 Å². The number of hydrogen-bond donors (Lipinski definition) is 2. The molecular weight excluding hydrogens is 252 g/mol. The monoisotopic (exact) mass is 270 g/mol. The van der Waals surface area contributed by atoms with Crippen LogP contribution in [-0.4, -0.2) is 39.0 Å². The summed E-state index contributed by atoms with van der Waals surface area (Å²) >= 11 is 1.38. The van der Waals surface area contributed by atoms with E-state index in [-0.39, 0.29) is 5.91 Å². The van der Waals surface area contributed by atoms with Crippen LogP contribution < -0.4 is 15.8 Å². The molecule has 0 fully saturated rings. The van der Waals surface area contributed by atoms with Crippen molar-refractivity contribution in [2.75, 3.05) is 38.9 Å². The number of nitrogens with two attached hydrogens (primary N) is 1. The van der Waals surface area contributed by atoms with Crippen LogP contribution in [0.25, 0.3) is 0 Å². The Morgan fingerprint density at radius 2 is 2.22 bits per heavy atom. The molecular formula is C12H18N2O3S. The number of anilines is 1. The lowest BCUT2D eigenvalue weighted by atomic mass is 10.3. The first-order valence-corrected chi connectivity index (χ1v) is 6.48. The predicted molar refractivity (Wildman–Crippen MR) is 73.0 cm³/mol. The molecule has 6 heteroatoms. The maximum Gasteiger partial charge on any atom is 0.230 e. The molecule has 0 atom stereocenters. The molecule has 5 nitrogen and oxygen atoms in total. The SMILES string of the molecule is COCCNC(=O)CSc1cc(OC)ccc1N. The van der Waals surface area contributed by atoms with Crippen LogP contribution in [0.1, 0.15) is 0 Å². The lowest BCUT2D eigenvalue weighted by molar-refractivity contribution is -0.118. The maximum absolute atomic E-state index is 11.5. The van der Waals surface area contributed by atoms with E-state index in [1.54, 1.807) is 26.4 Å². The number of ether oxygens (including phenoxy) is 2. The van der Waals surface area contributed by atoms with Crippen LogP contribution in [0.5, 0.6) is 5.75 Å². The first-order chi connectivity index (χ1) is 8.67. The summed E-state index contributed by atoms with van der Waals surface area (Å²) in [4.78, 5) is 12.3. The zero-order chi connectivity index (χ0) is 13.4. The Bertz CT molecular complexity index is 399. The summed E-state index contributed by atoms with van der Waals surface area (Å²) in [5.41, 5.74) is 6.47. The van der Waals surface area contributed by atoms with Crippen LogP contribution in [0, 0.1) is 0 Å². The predicted octanol–water partition coefficient (Wildman–Crippen LogP) is 1.13. The molecule has 0 aromatic heterocycles. The number of carbonyl (C=O) groups excluding carboxylic acids is 1. The Labute approximate surface area is 111 Å². The second-order valence-electron chi connectivity index (χ2n) is 3.54. The minimum Gasteiger partial charge on any atom is -0.497 e. The van der Waals surface area contributed by atoms with Crippen molar-refractivity contribution in [3.05, 3.63) is 18.2 Å². The second-order valence-corrected chi connectivity index (χ2v) is 4.55. The highest BCUT2D eigenvalue weighted by Crippen LogP contribution is 2.28. The van der Waals surface area contributed by atoms with Gasteiger partial charge >= 0.3 is 0 Å². The van der Waals surface area contributed by atoms with Gasteiger partial charge in [-0.2, -0.15) is 0 Å². The minimum atomic E-state index is -0.0423. The summed E-state index contributed by atoms with van der Waals surface area (Å²) in [6.45, 7) is 1.03. The first kappa shape index (κ1) is 14.7. The van der Waals surface area contributed by atoms with Gasteiger partial charge in [0.1, 0.15) is 5.75 Å². The number of thioether (sulfide) groups is 1. The van der Waals surface area contributed by atoms with Crippen molar-refractivity contribution in [1.29, 1.82) is 0 Å². The zero-order valence-electron chi connectivity index (χ0n) is 10.6. The lowest BCUT2D eigenvalue weighted by Gasteiger charge is -2.08. The highest BCUT2D eigenvalue weighted by Gasteiger charge is 2.06. The largest absolute Gasteiger partial charge is 0.497 e. The Morgan fingerprint density at radius 1 is 1.44 bits per heavy atom. The minimum absolute atomic E-state index is 0.0423. The lowest BCUT2D eigenvalue weighted by Crippen LogP contribution is -2.28. The molecule has 0 heterocycles. The third kappa shape index (κ3) is 4.85. The molecule has 3 N–H and O–H groups in total. The second kappa shape index (κ2) is 7.84. The number of methoxy groups -OCH3 is 2. The molecule has 1 aromatic carbocycles. The number of hydrogen-bond acceptors (Lipinski definition) is 5. The maximum atomic E-state index is 11.5. The molecule has 0 spiro atoms. The highest BCUT2D eigenvalue weighted by atomic mass is 32.2. The van der Waals surface area contributed by atoms with Gasteiger partial charge in [0.05, 0.1) is 19.5 Å². The summed E-state index contributed by atoms with van der Waals surface area (Å²) < 4.78 is 9.96. The van der Waals surface area contributed by atoms with Gasteiger partial charge in [-0.1, -0.05) is 0 Å². The van der Waals surface area contributed by atoms with E-state index in [0.717, 1.165) is 10.6 Å². The van der Waals surface area contributed by atoms with E-state index in [2.05, 4.69) is 5.32 Å². The molecule has 0 aliphatic carbocycles. The van der Waals surface area contributed by atoms with E-state index < -0.39 is 0 Å². The fraction of sp³-hybridized carbons (Fsp3) is 0.417. The van der Waals surface area contributed by atoms with Crippen molar-refractivity contribution < 1.29 is 14.3 Å². The van der Waals surface area contributed by atoms with E-state index in [0.29, 0.717) is 24.6 Å². The molecule has 0 saturated carbocycles. The van der Waals surface area contributed by atoms with Crippen molar-refractivity contribution in [1.82, 2.24) is 5.32 Å². The van der Waals surface area contributed by atoms with Crippen molar-refractivity contribution >= 4 is 23.4 Å². The summed E-state index contributed by atoms with van der Waals surface area (Å²) in [6, 6.07) is 5.38. The standard InChI is InChI=1S/C12H18N2O3S/c1-16-6-5-14-12(15)8-18-11-7-9(17-2)3-4-10(11)13/h3-4,7H,5-6,8,13H2,1-2H3,(H,14,15). The normalized spacial score (nSPS) is 10.1. The molecule has 0 saturated heterocycles. The van der Waals surface area contributed by atoms with Crippen molar-refractivity contribution in [2.24, 2.45) is 0 Å². The van der Waals surface area contributed by atoms with Gasteiger partial charge in [-0.05, 0) is 18.2 Å². The molecule has 18 heavy (non-hydrogen) atoms. The Hall–Kier alpha value is -1.40. The van der Waals surface area contributed by atoms with Gasteiger partial charge in [-0.15, -0.1) is 11.8 Å². The van der Waals surface area contributed by atoms with Crippen molar-refractivity contribution in [2.45, 2.75) is 4.90 Å². The molecule has 100 valence electrons. The highest BCUT2D eigenvalue weighted by molar-refractivity contribution is 8.00. The van der Waals surface area contributed by atoms with Crippen LogP contribution in [0.3, 0.4) is 0 Å². The third-order valence-electron chi connectivity index (χ3n) is 2.21. The molecule has 1 aromatic rings. The van der Waals surface area contributed by atoms with Gasteiger partial charge in [-0.3, -0.25) is 4.79 Å². The number of carbonyl (C=O) groups is 1. The molecule has 0 unspecified atom stereocenters. The summed E-state index contributed by atoms with van der Waals surface area (Å²) in [5, 5.41) is 2.75. The number of nitrogens with one attached hydrogen (secondary N) is 1. The van der Waals surface area contributed by atoms with Crippen LogP contribution >= 0.6 is 11.8 Å². The van der Waals surface area contributed by atoms with Crippen molar-refractivity contribution in [3.8, 4) is 5.75 Å². The smallest absolute Gasteiger partial charge is 0.230 e. The van der Waals surface area contributed by atoms with Gasteiger partial charge in [-0.25, -0.2) is 0 Å². The van der Waals surface area contributed by atoms with Crippen molar-refractivity contribution in [3.63, 3.8) is 0 Å². The molecule has 0 bridgehead atoms. The van der Waals surface area contributed by atoms with Crippen LogP contribution in [0.15, 0.2) is 23.1 Å². The van der Waals surface area contributed by atoms with E-state index in [4.69, 9.17) is 15.2 Å². The average Bonchev–Trinajstić information content (AvgIpc) is 2.38. The Balaban J connectivity index is 2.45. The zero-order valence-corrected chi connectivity index (χ0v) is 11.4. The van der Waals surface area contributed by atoms with E-state index in [9.17, 15) is 4.79 Å². The Morgan fingerprint density at radius 3 is 2.89 bits per heavy atom. The average molecular weight is 270 g/mol. The van der Waals surface area contributed by atoms with Gasteiger partial charge in [0, 0.05) is 24.2 Å². The van der Waals surface area contributed by atoms with Gasteiger partial charge in [0.25, 0.3) is 0 Å². The molecule has 0 radical (unpaired) electrons.